The highest BCUT2D eigenvalue weighted by Crippen LogP contribution is 2.15. The Balaban J connectivity index is 0.00000243. The second kappa shape index (κ2) is 14.1. The smallest absolute Gasteiger partial charge is 0.409 e. The lowest BCUT2D eigenvalue weighted by molar-refractivity contribution is 0.0750. The monoisotopic (exact) mass is 454 g/mol. The van der Waals surface area contributed by atoms with E-state index in [2.05, 4.69) is 45.9 Å². The summed E-state index contributed by atoms with van der Waals surface area (Å²) in [7, 11) is 0. The molecule has 0 aromatic heterocycles. The van der Waals surface area contributed by atoms with Crippen LogP contribution in [-0.2, 0) is 4.74 Å². The summed E-state index contributed by atoms with van der Waals surface area (Å²) >= 11 is 0. The minimum Gasteiger partial charge on any atom is -0.448 e. The van der Waals surface area contributed by atoms with Crippen molar-refractivity contribution in [2.24, 2.45) is 0 Å². The van der Waals surface area contributed by atoms with Crippen molar-refractivity contribution in [1.82, 2.24) is 14.7 Å². The van der Waals surface area contributed by atoms with E-state index in [1.807, 2.05) is 11.0 Å². The zero-order valence-corrected chi connectivity index (χ0v) is 18.9. The van der Waals surface area contributed by atoms with Gasteiger partial charge in [0.15, 0.2) is 0 Å². The van der Waals surface area contributed by atoms with E-state index in [9.17, 15) is 4.79 Å². The molecule has 2 heterocycles. The first-order valence-corrected chi connectivity index (χ1v) is 9.42. The van der Waals surface area contributed by atoms with Gasteiger partial charge in [-0.2, -0.15) is 0 Å². The number of hydrogen-bond donors (Lipinski definition) is 0. The molecule has 3 rings (SSSR count). The fourth-order valence-electron chi connectivity index (χ4n) is 3.47. The van der Waals surface area contributed by atoms with E-state index in [-0.39, 0.29) is 43.3 Å². The Labute approximate surface area is 187 Å². The van der Waals surface area contributed by atoms with Crippen molar-refractivity contribution < 1.29 is 9.53 Å². The molecule has 2 fully saturated rings. The van der Waals surface area contributed by atoms with Crippen LogP contribution < -0.4 is 4.90 Å². The lowest BCUT2D eigenvalue weighted by Gasteiger charge is -2.36. The standard InChI is InChI=1S/C19H30N4O2.3ClH/c1-2-20-8-10-21(11-9-20)16-17-25-19(24)23-14-12-22(13-15-23)18-6-4-3-5-7-18;;;/h3-7H,2,8-17H2,1H3;3*1H. The van der Waals surface area contributed by atoms with Gasteiger partial charge in [-0.3, -0.25) is 4.90 Å². The van der Waals surface area contributed by atoms with Crippen molar-refractivity contribution in [3.63, 3.8) is 0 Å². The number of anilines is 1. The Morgan fingerprint density at radius 1 is 0.857 bits per heavy atom. The van der Waals surface area contributed by atoms with Gasteiger partial charge in [0.1, 0.15) is 6.61 Å². The van der Waals surface area contributed by atoms with E-state index >= 15 is 0 Å². The van der Waals surface area contributed by atoms with Gasteiger partial charge in [-0.25, -0.2) is 4.79 Å². The molecule has 28 heavy (non-hydrogen) atoms. The van der Waals surface area contributed by atoms with Crippen molar-refractivity contribution in [2.45, 2.75) is 6.92 Å². The minimum absolute atomic E-state index is 0. The Morgan fingerprint density at radius 2 is 1.43 bits per heavy atom. The van der Waals surface area contributed by atoms with E-state index in [4.69, 9.17) is 4.74 Å². The Kier molecular flexibility index (Phi) is 13.7. The number of piperazine rings is 2. The molecular formula is C19H33Cl3N4O2. The molecule has 2 aliphatic heterocycles. The molecule has 0 saturated carbocycles. The number of carbonyl (C=O) groups is 1. The topological polar surface area (TPSA) is 39.3 Å². The minimum atomic E-state index is -0.167. The second-order valence-electron chi connectivity index (χ2n) is 6.70. The Bertz CT molecular complexity index is 537. The fraction of sp³-hybridized carbons (Fsp3) is 0.632. The summed E-state index contributed by atoms with van der Waals surface area (Å²) < 4.78 is 5.49. The molecule has 162 valence electrons. The van der Waals surface area contributed by atoms with E-state index in [0.29, 0.717) is 6.61 Å². The van der Waals surface area contributed by atoms with Gasteiger partial charge in [-0.05, 0) is 18.7 Å². The molecule has 0 N–H and O–H groups in total. The third-order valence-corrected chi connectivity index (χ3v) is 5.20. The number of hydrogen-bond acceptors (Lipinski definition) is 5. The van der Waals surface area contributed by atoms with Crippen molar-refractivity contribution >= 4 is 49.0 Å². The average molecular weight is 456 g/mol. The van der Waals surface area contributed by atoms with E-state index < -0.39 is 0 Å². The van der Waals surface area contributed by atoms with Crippen LogP contribution in [0.15, 0.2) is 30.3 Å². The van der Waals surface area contributed by atoms with Gasteiger partial charge >= 0.3 is 6.09 Å². The van der Waals surface area contributed by atoms with Crippen LogP contribution in [0.1, 0.15) is 6.92 Å². The van der Waals surface area contributed by atoms with Gasteiger partial charge < -0.3 is 19.4 Å². The molecule has 0 aliphatic carbocycles. The maximum Gasteiger partial charge on any atom is 0.409 e. The first-order valence-electron chi connectivity index (χ1n) is 9.42. The number of para-hydroxylation sites is 1. The molecule has 2 saturated heterocycles. The van der Waals surface area contributed by atoms with Crippen LogP contribution in [0.5, 0.6) is 0 Å². The highest BCUT2D eigenvalue weighted by molar-refractivity contribution is 5.86. The van der Waals surface area contributed by atoms with Crippen molar-refractivity contribution in [3.8, 4) is 0 Å². The Morgan fingerprint density at radius 3 is 2.00 bits per heavy atom. The lowest BCUT2D eigenvalue weighted by Crippen LogP contribution is -2.50. The zero-order chi connectivity index (χ0) is 17.5. The van der Waals surface area contributed by atoms with E-state index in [1.54, 1.807) is 0 Å². The number of halogens is 3. The van der Waals surface area contributed by atoms with Crippen molar-refractivity contribution in [2.75, 3.05) is 77.0 Å². The lowest BCUT2D eigenvalue weighted by atomic mass is 10.2. The average Bonchev–Trinajstić information content (AvgIpc) is 2.69. The normalized spacial score (nSPS) is 17.8. The quantitative estimate of drug-likeness (QED) is 0.683. The molecule has 0 spiro atoms. The molecule has 1 aromatic rings. The molecule has 1 aromatic carbocycles. The molecule has 0 atom stereocenters. The number of ether oxygens (including phenoxy) is 1. The maximum atomic E-state index is 12.2. The molecule has 0 radical (unpaired) electrons. The highest BCUT2D eigenvalue weighted by Gasteiger charge is 2.22. The largest absolute Gasteiger partial charge is 0.448 e. The van der Waals surface area contributed by atoms with Gasteiger partial charge in [0.2, 0.25) is 0 Å². The summed E-state index contributed by atoms with van der Waals surface area (Å²) in [5.74, 6) is 0. The van der Waals surface area contributed by atoms with Crippen molar-refractivity contribution in [3.05, 3.63) is 30.3 Å². The second-order valence-corrected chi connectivity index (χ2v) is 6.70. The van der Waals surface area contributed by atoms with Gasteiger partial charge in [0.05, 0.1) is 0 Å². The number of likely N-dealkylation sites (N-methyl/N-ethyl adjacent to an activating group) is 1. The van der Waals surface area contributed by atoms with Gasteiger partial charge in [0.25, 0.3) is 0 Å². The predicted molar refractivity (Wildman–Crippen MR) is 122 cm³/mol. The molecule has 6 nitrogen and oxygen atoms in total. The summed E-state index contributed by atoms with van der Waals surface area (Å²) in [4.78, 5) is 21.2. The Hall–Kier alpha value is -0.920. The van der Waals surface area contributed by atoms with Crippen LogP contribution in [-0.4, -0.2) is 92.8 Å². The first-order chi connectivity index (χ1) is 12.3. The van der Waals surface area contributed by atoms with Crippen LogP contribution in [0.25, 0.3) is 0 Å². The predicted octanol–water partition coefficient (Wildman–Crippen LogP) is 2.85. The first kappa shape index (κ1) is 27.1. The van der Waals surface area contributed by atoms with Crippen molar-refractivity contribution in [1.29, 1.82) is 0 Å². The summed E-state index contributed by atoms with van der Waals surface area (Å²) in [6.45, 7) is 12.2. The number of benzene rings is 1. The molecule has 0 unspecified atom stereocenters. The van der Waals surface area contributed by atoms with Crippen LogP contribution in [0, 0.1) is 0 Å². The van der Waals surface area contributed by atoms with Crippen LogP contribution in [0.4, 0.5) is 10.5 Å². The SMILES string of the molecule is CCN1CCN(CCOC(=O)N2CCN(c3ccccc3)CC2)CC1.Cl.Cl.Cl. The molecule has 2 aliphatic rings. The maximum absolute atomic E-state index is 12.2. The van der Waals surface area contributed by atoms with E-state index in [0.717, 1.165) is 65.4 Å². The van der Waals surface area contributed by atoms with E-state index in [1.165, 1.54) is 5.69 Å². The number of rotatable bonds is 5. The number of nitrogens with zero attached hydrogens (tertiary/aromatic N) is 4. The number of carbonyl (C=O) groups excluding carboxylic acids is 1. The molecule has 1 amide bonds. The fourth-order valence-corrected chi connectivity index (χ4v) is 3.47. The summed E-state index contributed by atoms with van der Waals surface area (Å²) in [6, 6.07) is 10.4. The number of amides is 1. The molecule has 0 bridgehead atoms. The van der Waals surface area contributed by atoms with Crippen LogP contribution in [0.3, 0.4) is 0 Å². The third-order valence-electron chi connectivity index (χ3n) is 5.20. The molecular weight excluding hydrogens is 423 g/mol. The summed E-state index contributed by atoms with van der Waals surface area (Å²) in [5.41, 5.74) is 1.22. The summed E-state index contributed by atoms with van der Waals surface area (Å²) in [5, 5.41) is 0. The van der Waals surface area contributed by atoms with Crippen LogP contribution in [0.2, 0.25) is 0 Å². The summed E-state index contributed by atoms with van der Waals surface area (Å²) in [6.07, 6.45) is -0.167. The third kappa shape index (κ3) is 7.84. The van der Waals surface area contributed by atoms with Gasteiger partial charge in [-0.15, -0.1) is 37.2 Å². The van der Waals surface area contributed by atoms with Gasteiger partial charge in [0, 0.05) is 64.6 Å². The zero-order valence-electron chi connectivity index (χ0n) is 16.5. The molecule has 9 heteroatoms. The highest BCUT2D eigenvalue weighted by atomic mass is 35.5. The van der Waals surface area contributed by atoms with Gasteiger partial charge in [-0.1, -0.05) is 25.1 Å². The van der Waals surface area contributed by atoms with Crippen LogP contribution >= 0.6 is 37.2 Å².